The average molecular weight is 296 g/mol. The molecule has 1 unspecified atom stereocenters. The quantitative estimate of drug-likeness (QED) is 0.585. The van der Waals surface area contributed by atoms with E-state index in [1.54, 1.807) is 7.11 Å². The maximum absolute atomic E-state index is 11.2. The Bertz CT molecular complexity index is 518. The van der Waals surface area contributed by atoms with Crippen LogP contribution in [0.4, 0.5) is 11.4 Å². The molecule has 0 spiro atoms. The Balaban J connectivity index is 3.28. The summed E-state index contributed by atoms with van der Waals surface area (Å²) in [5, 5.41) is 20.2. The SMILES string of the molecule is CCC(C)N(CCOC)c1ccc(C(=O)O)cc1[N+](=O)[O-]. The van der Waals surface area contributed by atoms with Gasteiger partial charge in [-0.05, 0) is 25.5 Å². The molecule has 1 rings (SSSR count). The fourth-order valence-electron chi connectivity index (χ4n) is 2.03. The summed E-state index contributed by atoms with van der Waals surface area (Å²) in [4.78, 5) is 23.5. The van der Waals surface area contributed by atoms with E-state index in [0.717, 1.165) is 12.5 Å². The van der Waals surface area contributed by atoms with E-state index in [1.165, 1.54) is 12.1 Å². The molecule has 1 N–H and O–H groups in total. The number of hydrogen-bond donors (Lipinski definition) is 1. The number of nitro groups is 1. The Labute approximate surface area is 123 Å². The highest BCUT2D eigenvalue weighted by molar-refractivity contribution is 5.89. The summed E-state index contributed by atoms with van der Waals surface area (Å²) >= 11 is 0. The fraction of sp³-hybridized carbons (Fsp3) is 0.500. The summed E-state index contributed by atoms with van der Waals surface area (Å²) in [6.45, 7) is 4.88. The molecule has 7 nitrogen and oxygen atoms in total. The van der Waals surface area contributed by atoms with Gasteiger partial charge >= 0.3 is 5.97 Å². The van der Waals surface area contributed by atoms with Gasteiger partial charge in [0.1, 0.15) is 5.69 Å². The topological polar surface area (TPSA) is 92.9 Å². The summed E-state index contributed by atoms with van der Waals surface area (Å²) < 4.78 is 5.05. The van der Waals surface area contributed by atoms with Gasteiger partial charge in [-0.3, -0.25) is 10.1 Å². The minimum Gasteiger partial charge on any atom is -0.478 e. The lowest BCUT2D eigenvalue weighted by molar-refractivity contribution is -0.384. The van der Waals surface area contributed by atoms with Gasteiger partial charge in [0.25, 0.3) is 5.69 Å². The van der Waals surface area contributed by atoms with Gasteiger partial charge in [0.05, 0.1) is 17.1 Å². The molecule has 0 saturated heterocycles. The number of carboxylic acid groups (broad SMARTS) is 1. The largest absolute Gasteiger partial charge is 0.478 e. The Hall–Kier alpha value is -2.15. The molecular formula is C14H20N2O5. The number of anilines is 1. The van der Waals surface area contributed by atoms with Gasteiger partial charge in [-0.2, -0.15) is 0 Å². The van der Waals surface area contributed by atoms with Crippen molar-refractivity contribution in [2.45, 2.75) is 26.3 Å². The highest BCUT2D eigenvalue weighted by atomic mass is 16.6. The molecule has 21 heavy (non-hydrogen) atoms. The Morgan fingerprint density at radius 3 is 2.67 bits per heavy atom. The van der Waals surface area contributed by atoms with Crippen LogP contribution in [-0.2, 0) is 4.74 Å². The highest BCUT2D eigenvalue weighted by Crippen LogP contribution is 2.31. The summed E-state index contributed by atoms with van der Waals surface area (Å²) in [6, 6.07) is 4.05. The molecule has 0 fully saturated rings. The number of hydrogen-bond acceptors (Lipinski definition) is 5. The first kappa shape index (κ1) is 16.9. The number of nitrogens with zero attached hydrogens (tertiary/aromatic N) is 2. The van der Waals surface area contributed by atoms with Crippen molar-refractivity contribution in [3.05, 3.63) is 33.9 Å². The van der Waals surface area contributed by atoms with Crippen molar-refractivity contribution in [1.29, 1.82) is 0 Å². The van der Waals surface area contributed by atoms with Crippen molar-refractivity contribution in [1.82, 2.24) is 0 Å². The monoisotopic (exact) mass is 296 g/mol. The third-order valence-electron chi connectivity index (χ3n) is 3.39. The smallest absolute Gasteiger partial charge is 0.335 e. The van der Waals surface area contributed by atoms with Crippen LogP contribution in [0.2, 0.25) is 0 Å². The van der Waals surface area contributed by atoms with Crippen molar-refractivity contribution in [2.75, 3.05) is 25.2 Å². The molecular weight excluding hydrogens is 276 g/mol. The fourth-order valence-corrected chi connectivity index (χ4v) is 2.03. The van der Waals surface area contributed by atoms with E-state index in [-0.39, 0.29) is 17.3 Å². The van der Waals surface area contributed by atoms with Gasteiger partial charge in [-0.1, -0.05) is 6.92 Å². The van der Waals surface area contributed by atoms with Gasteiger partial charge in [0.2, 0.25) is 0 Å². The maximum Gasteiger partial charge on any atom is 0.335 e. The first-order valence-corrected chi connectivity index (χ1v) is 6.69. The molecule has 1 aromatic rings. The van der Waals surface area contributed by atoms with Gasteiger partial charge in [-0.25, -0.2) is 4.79 Å². The van der Waals surface area contributed by atoms with Crippen LogP contribution in [0.15, 0.2) is 18.2 Å². The van der Waals surface area contributed by atoms with Gasteiger partial charge in [0, 0.05) is 25.8 Å². The van der Waals surface area contributed by atoms with Crippen LogP contribution in [-0.4, -0.2) is 42.3 Å². The normalized spacial score (nSPS) is 12.0. The summed E-state index contributed by atoms with van der Waals surface area (Å²) in [5.74, 6) is -1.18. The van der Waals surface area contributed by atoms with E-state index in [1.807, 2.05) is 18.7 Å². The lowest BCUT2D eigenvalue weighted by atomic mass is 10.1. The Kier molecular flexibility index (Phi) is 6.10. The van der Waals surface area contributed by atoms with Crippen molar-refractivity contribution in [3.8, 4) is 0 Å². The van der Waals surface area contributed by atoms with Crippen LogP contribution in [0.3, 0.4) is 0 Å². The lowest BCUT2D eigenvalue weighted by Crippen LogP contribution is -2.35. The predicted molar refractivity (Wildman–Crippen MR) is 79.0 cm³/mol. The number of rotatable bonds is 8. The summed E-state index contributed by atoms with van der Waals surface area (Å²) in [7, 11) is 1.57. The van der Waals surface area contributed by atoms with Gasteiger partial charge < -0.3 is 14.7 Å². The standard InChI is InChI=1S/C14H20N2O5/c1-4-10(2)15(7-8-21-3)12-6-5-11(14(17)18)9-13(12)16(19)20/h5-6,9-10H,4,7-8H2,1-3H3,(H,17,18). The minimum absolute atomic E-state index is 0.0783. The van der Waals surface area contributed by atoms with E-state index < -0.39 is 10.9 Å². The second-order valence-electron chi connectivity index (χ2n) is 4.71. The van der Waals surface area contributed by atoms with Crippen molar-refractivity contribution >= 4 is 17.3 Å². The molecule has 0 radical (unpaired) electrons. The van der Waals surface area contributed by atoms with Crippen LogP contribution in [0, 0.1) is 10.1 Å². The molecule has 0 aliphatic rings. The second kappa shape index (κ2) is 7.58. The molecule has 0 bridgehead atoms. The molecule has 0 saturated carbocycles. The zero-order valence-corrected chi connectivity index (χ0v) is 12.4. The van der Waals surface area contributed by atoms with Gasteiger partial charge in [-0.15, -0.1) is 0 Å². The van der Waals surface area contributed by atoms with Crippen LogP contribution in [0.25, 0.3) is 0 Å². The zero-order valence-electron chi connectivity index (χ0n) is 12.4. The van der Waals surface area contributed by atoms with Crippen molar-refractivity contribution < 1.29 is 19.6 Å². The molecule has 0 amide bonds. The molecule has 0 aliphatic carbocycles. The summed E-state index contributed by atoms with van der Waals surface area (Å²) in [6.07, 6.45) is 0.807. The van der Waals surface area contributed by atoms with E-state index in [9.17, 15) is 14.9 Å². The number of carbonyl (C=O) groups is 1. The molecule has 1 atom stereocenters. The van der Waals surface area contributed by atoms with Crippen LogP contribution in [0.5, 0.6) is 0 Å². The Morgan fingerprint density at radius 1 is 1.52 bits per heavy atom. The van der Waals surface area contributed by atoms with Crippen LogP contribution in [0.1, 0.15) is 30.6 Å². The first-order valence-electron chi connectivity index (χ1n) is 6.69. The minimum atomic E-state index is -1.18. The number of benzene rings is 1. The average Bonchev–Trinajstić information content (AvgIpc) is 2.46. The molecule has 1 aromatic carbocycles. The predicted octanol–water partition coefficient (Wildman–Crippen LogP) is 2.54. The molecule has 7 heteroatoms. The Morgan fingerprint density at radius 2 is 2.19 bits per heavy atom. The van der Waals surface area contributed by atoms with Crippen LogP contribution >= 0.6 is 0 Å². The number of carboxylic acids is 1. The van der Waals surface area contributed by atoms with E-state index in [2.05, 4.69) is 0 Å². The molecule has 0 aliphatic heterocycles. The highest BCUT2D eigenvalue weighted by Gasteiger charge is 2.24. The molecule has 0 aromatic heterocycles. The number of nitro benzene ring substituents is 1. The molecule has 0 heterocycles. The van der Waals surface area contributed by atoms with Gasteiger partial charge in [0.15, 0.2) is 0 Å². The third kappa shape index (κ3) is 4.16. The summed E-state index contributed by atoms with van der Waals surface area (Å²) in [5.41, 5.74) is 0.115. The van der Waals surface area contributed by atoms with E-state index >= 15 is 0 Å². The van der Waals surface area contributed by atoms with E-state index in [4.69, 9.17) is 9.84 Å². The number of methoxy groups -OCH3 is 1. The second-order valence-corrected chi connectivity index (χ2v) is 4.71. The number of aromatic carboxylic acids is 1. The zero-order chi connectivity index (χ0) is 16.0. The maximum atomic E-state index is 11.2. The third-order valence-corrected chi connectivity index (χ3v) is 3.39. The lowest BCUT2D eigenvalue weighted by Gasteiger charge is -2.30. The van der Waals surface area contributed by atoms with Crippen LogP contribution < -0.4 is 4.90 Å². The first-order chi connectivity index (χ1) is 9.92. The van der Waals surface area contributed by atoms with E-state index in [0.29, 0.717) is 18.8 Å². The van der Waals surface area contributed by atoms with Crippen molar-refractivity contribution in [3.63, 3.8) is 0 Å². The molecule has 116 valence electrons. The number of ether oxygens (including phenoxy) is 1. The van der Waals surface area contributed by atoms with Crippen molar-refractivity contribution in [2.24, 2.45) is 0 Å².